The number of nitrogens with one attached hydrogen (secondary N) is 1. The van der Waals surface area contributed by atoms with Gasteiger partial charge in [0.2, 0.25) is 5.91 Å². The number of amides is 1. The van der Waals surface area contributed by atoms with E-state index in [0.717, 1.165) is 30.8 Å². The first kappa shape index (κ1) is 18.7. The van der Waals surface area contributed by atoms with Crippen LogP contribution in [0.15, 0.2) is 24.3 Å². The number of halogens is 1. The van der Waals surface area contributed by atoms with E-state index >= 15 is 0 Å². The third kappa shape index (κ3) is 8.02. The molecule has 0 heterocycles. The largest absolute Gasteiger partial charge is 0.494 e. The van der Waals surface area contributed by atoms with Gasteiger partial charge in [-0.05, 0) is 37.5 Å². The second-order valence-electron chi connectivity index (χ2n) is 4.79. The molecule has 0 saturated heterocycles. The van der Waals surface area contributed by atoms with E-state index < -0.39 is 0 Å². The minimum absolute atomic E-state index is 0. The molecule has 0 bridgehead atoms. The Labute approximate surface area is 127 Å². The van der Waals surface area contributed by atoms with Gasteiger partial charge in [0, 0.05) is 19.0 Å². The van der Waals surface area contributed by atoms with Crippen LogP contribution in [-0.2, 0) is 11.3 Å². The third-order valence-corrected chi connectivity index (χ3v) is 2.71. The molecule has 0 spiro atoms. The van der Waals surface area contributed by atoms with Crippen molar-refractivity contribution in [3.05, 3.63) is 29.8 Å². The number of carbonyl (C=O) groups excluding carboxylic acids is 1. The fourth-order valence-electron chi connectivity index (χ4n) is 1.57. The molecule has 20 heavy (non-hydrogen) atoms. The lowest BCUT2D eigenvalue weighted by Gasteiger charge is -2.08. The maximum atomic E-state index is 11.5. The summed E-state index contributed by atoms with van der Waals surface area (Å²) in [6, 6.07) is 7.87. The van der Waals surface area contributed by atoms with Crippen molar-refractivity contribution in [2.24, 2.45) is 5.73 Å². The van der Waals surface area contributed by atoms with Crippen LogP contribution in [-0.4, -0.2) is 18.6 Å². The first-order valence-corrected chi connectivity index (χ1v) is 6.85. The zero-order chi connectivity index (χ0) is 14.1. The Morgan fingerprint density at radius 3 is 2.55 bits per heavy atom. The molecule has 1 unspecified atom stereocenters. The number of rotatable bonds is 8. The minimum Gasteiger partial charge on any atom is -0.494 e. The summed E-state index contributed by atoms with van der Waals surface area (Å²) in [6.07, 6.45) is 2.20. The van der Waals surface area contributed by atoms with Gasteiger partial charge in [-0.25, -0.2) is 0 Å². The van der Waals surface area contributed by atoms with E-state index in [1.165, 1.54) is 0 Å². The number of ether oxygens (including phenoxy) is 1. The summed E-state index contributed by atoms with van der Waals surface area (Å²) < 4.78 is 5.50. The molecule has 1 rings (SSSR count). The standard InChI is InChI=1S/C15H24N2O2.ClH/c1-3-10-19-14-7-5-13(6-8-14)11-17-15(18)9-4-12(2)16;/h5-8,12H,3-4,9-11,16H2,1-2H3,(H,17,18);1H. The SMILES string of the molecule is CCCOc1ccc(CNC(=O)CCC(C)N)cc1.Cl. The zero-order valence-corrected chi connectivity index (χ0v) is 13.0. The van der Waals surface area contributed by atoms with Gasteiger partial charge in [-0.3, -0.25) is 4.79 Å². The molecule has 0 aromatic heterocycles. The molecular weight excluding hydrogens is 276 g/mol. The monoisotopic (exact) mass is 300 g/mol. The van der Waals surface area contributed by atoms with Crippen molar-refractivity contribution in [1.82, 2.24) is 5.32 Å². The molecule has 1 aromatic carbocycles. The van der Waals surface area contributed by atoms with Crippen LogP contribution >= 0.6 is 12.4 Å². The van der Waals surface area contributed by atoms with Crippen LogP contribution in [0.5, 0.6) is 5.75 Å². The maximum absolute atomic E-state index is 11.5. The Morgan fingerprint density at radius 2 is 2.00 bits per heavy atom. The van der Waals surface area contributed by atoms with Crippen LogP contribution in [0.3, 0.4) is 0 Å². The van der Waals surface area contributed by atoms with E-state index in [0.29, 0.717) is 13.0 Å². The second kappa shape index (κ2) is 10.5. The van der Waals surface area contributed by atoms with Crippen LogP contribution in [0.1, 0.15) is 38.7 Å². The quantitative estimate of drug-likeness (QED) is 0.776. The molecule has 4 nitrogen and oxygen atoms in total. The van der Waals surface area contributed by atoms with E-state index in [2.05, 4.69) is 12.2 Å². The van der Waals surface area contributed by atoms with Gasteiger partial charge in [0.05, 0.1) is 6.61 Å². The van der Waals surface area contributed by atoms with Crippen LogP contribution in [0.2, 0.25) is 0 Å². The molecule has 114 valence electrons. The van der Waals surface area contributed by atoms with Gasteiger partial charge in [0.1, 0.15) is 5.75 Å². The maximum Gasteiger partial charge on any atom is 0.220 e. The summed E-state index contributed by atoms with van der Waals surface area (Å²) in [5.41, 5.74) is 6.68. The normalized spacial score (nSPS) is 11.3. The molecular formula is C15H25ClN2O2. The van der Waals surface area contributed by atoms with Crippen molar-refractivity contribution >= 4 is 18.3 Å². The highest BCUT2D eigenvalue weighted by Crippen LogP contribution is 2.12. The third-order valence-electron chi connectivity index (χ3n) is 2.71. The highest BCUT2D eigenvalue weighted by atomic mass is 35.5. The van der Waals surface area contributed by atoms with Gasteiger partial charge in [-0.15, -0.1) is 12.4 Å². The Kier molecular flexibility index (Phi) is 9.86. The smallest absolute Gasteiger partial charge is 0.220 e. The number of nitrogens with two attached hydrogens (primary N) is 1. The fraction of sp³-hybridized carbons (Fsp3) is 0.533. The lowest BCUT2D eigenvalue weighted by molar-refractivity contribution is -0.121. The van der Waals surface area contributed by atoms with Gasteiger partial charge >= 0.3 is 0 Å². The van der Waals surface area contributed by atoms with E-state index in [9.17, 15) is 4.79 Å². The highest BCUT2D eigenvalue weighted by Gasteiger charge is 2.03. The van der Waals surface area contributed by atoms with E-state index in [-0.39, 0.29) is 24.4 Å². The Hall–Kier alpha value is -1.26. The van der Waals surface area contributed by atoms with Crippen LogP contribution < -0.4 is 15.8 Å². The second-order valence-corrected chi connectivity index (χ2v) is 4.79. The summed E-state index contributed by atoms with van der Waals surface area (Å²) in [7, 11) is 0. The van der Waals surface area contributed by atoms with Gasteiger partial charge < -0.3 is 15.8 Å². The topological polar surface area (TPSA) is 64.3 Å². The van der Waals surface area contributed by atoms with Gasteiger partial charge in [-0.1, -0.05) is 19.1 Å². The number of carbonyl (C=O) groups is 1. The molecule has 0 saturated carbocycles. The minimum atomic E-state index is 0. The summed E-state index contributed by atoms with van der Waals surface area (Å²) in [4.78, 5) is 11.5. The molecule has 0 radical (unpaired) electrons. The summed E-state index contributed by atoms with van der Waals surface area (Å²) in [5.74, 6) is 0.914. The molecule has 0 fully saturated rings. The van der Waals surface area contributed by atoms with Crippen molar-refractivity contribution in [3.63, 3.8) is 0 Å². The van der Waals surface area contributed by atoms with Crippen molar-refractivity contribution in [2.45, 2.75) is 45.7 Å². The molecule has 1 atom stereocenters. The van der Waals surface area contributed by atoms with Crippen LogP contribution in [0, 0.1) is 0 Å². The van der Waals surface area contributed by atoms with Crippen molar-refractivity contribution in [1.29, 1.82) is 0 Å². The first-order chi connectivity index (χ1) is 9.11. The molecule has 3 N–H and O–H groups in total. The number of benzene rings is 1. The van der Waals surface area contributed by atoms with Crippen molar-refractivity contribution in [2.75, 3.05) is 6.61 Å². The Morgan fingerprint density at radius 1 is 1.35 bits per heavy atom. The molecule has 5 heteroatoms. The predicted octanol–water partition coefficient (Wildman–Crippen LogP) is 2.64. The number of hydrogen-bond donors (Lipinski definition) is 2. The lowest BCUT2D eigenvalue weighted by atomic mass is 10.2. The van der Waals surface area contributed by atoms with Gasteiger partial charge in [0.25, 0.3) is 0 Å². The fourth-order valence-corrected chi connectivity index (χ4v) is 1.57. The average molecular weight is 301 g/mol. The highest BCUT2D eigenvalue weighted by molar-refractivity contribution is 5.85. The van der Waals surface area contributed by atoms with E-state index in [4.69, 9.17) is 10.5 Å². The molecule has 0 aliphatic rings. The van der Waals surface area contributed by atoms with Crippen LogP contribution in [0.25, 0.3) is 0 Å². The Balaban J connectivity index is 0.00000361. The van der Waals surface area contributed by atoms with Gasteiger partial charge in [-0.2, -0.15) is 0 Å². The molecule has 0 aliphatic carbocycles. The van der Waals surface area contributed by atoms with E-state index in [1.54, 1.807) is 0 Å². The van der Waals surface area contributed by atoms with Crippen molar-refractivity contribution < 1.29 is 9.53 Å². The van der Waals surface area contributed by atoms with E-state index in [1.807, 2.05) is 31.2 Å². The molecule has 1 amide bonds. The summed E-state index contributed by atoms with van der Waals surface area (Å²) >= 11 is 0. The summed E-state index contributed by atoms with van der Waals surface area (Å²) in [5, 5.41) is 2.88. The van der Waals surface area contributed by atoms with Gasteiger partial charge in [0.15, 0.2) is 0 Å². The predicted molar refractivity (Wildman–Crippen MR) is 84.2 cm³/mol. The lowest BCUT2D eigenvalue weighted by Crippen LogP contribution is -2.25. The first-order valence-electron chi connectivity index (χ1n) is 6.85. The number of hydrogen-bond acceptors (Lipinski definition) is 3. The van der Waals surface area contributed by atoms with Crippen LogP contribution in [0.4, 0.5) is 0 Å². The summed E-state index contributed by atoms with van der Waals surface area (Å²) in [6.45, 7) is 5.26. The molecule has 1 aromatic rings. The van der Waals surface area contributed by atoms with Crippen molar-refractivity contribution in [3.8, 4) is 5.75 Å². The zero-order valence-electron chi connectivity index (χ0n) is 12.2. The Bertz CT molecular complexity index is 380. The average Bonchev–Trinajstić information content (AvgIpc) is 2.41. The molecule has 0 aliphatic heterocycles.